The first kappa shape index (κ1) is 12.9. The molecule has 0 amide bonds. The molecule has 1 aromatic rings. The van der Waals surface area contributed by atoms with Crippen LogP contribution >= 0.6 is 23.1 Å². The summed E-state index contributed by atoms with van der Waals surface area (Å²) in [6, 6.07) is 4.27. The number of rotatable bonds is 3. The van der Waals surface area contributed by atoms with Crippen molar-refractivity contribution < 1.29 is 0 Å². The van der Waals surface area contributed by atoms with Crippen LogP contribution in [0.25, 0.3) is 0 Å². The van der Waals surface area contributed by atoms with Gasteiger partial charge in [0.15, 0.2) is 0 Å². The molecule has 0 saturated heterocycles. The number of allylic oxidation sites excluding steroid dienone is 1. The first-order valence-corrected chi connectivity index (χ1v) is 8.20. The minimum Gasteiger partial charge on any atom is -0.335 e. The molecule has 100 valence electrons. The Morgan fingerprint density at radius 3 is 3.11 bits per heavy atom. The molecule has 0 radical (unpaired) electrons. The highest BCUT2D eigenvalue weighted by Crippen LogP contribution is 2.43. The van der Waals surface area contributed by atoms with Crippen LogP contribution in [-0.4, -0.2) is 24.1 Å². The summed E-state index contributed by atoms with van der Waals surface area (Å²) in [5, 5.41) is 5.65. The highest BCUT2D eigenvalue weighted by atomic mass is 32.2. The van der Waals surface area contributed by atoms with Crippen LogP contribution in [0.4, 0.5) is 0 Å². The fourth-order valence-corrected chi connectivity index (χ4v) is 4.35. The first-order valence-electron chi connectivity index (χ1n) is 6.44. The SMILES string of the molecule is CC1=C(C)[C@H]2C(=NCCc3cccs3)NC=N[C@H]2S1. The summed E-state index contributed by atoms with van der Waals surface area (Å²) >= 11 is 3.66. The maximum Gasteiger partial charge on any atom is 0.115 e. The van der Waals surface area contributed by atoms with Crippen LogP contribution < -0.4 is 5.32 Å². The highest BCUT2D eigenvalue weighted by Gasteiger charge is 2.36. The number of nitrogens with one attached hydrogen (secondary N) is 1. The minimum absolute atomic E-state index is 0.293. The molecule has 2 atom stereocenters. The predicted octanol–water partition coefficient (Wildman–Crippen LogP) is 3.30. The standard InChI is InChI=1S/C14H17N3S2/c1-9-10(2)19-14-12(9)13(16-8-17-14)15-6-5-11-4-3-7-18-11/h3-4,7-8,12,14H,5-6H2,1-2H3,(H,15,16,17)/t12-,14-/m0/s1. The number of nitrogens with zero attached hydrogens (tertiary/aromatic N) is 2. The van der Waals surface area contributed by atoms with Crippen molar-refractivity contribution in [3.05, 3.63) is 32.9 Å². The van der Waals surface area contributed by atoms with Gasteiger partial charge in [0.25, 0.3) is 0 Å². The number of thioether (sulfide) groups is 1. The number of thiophene rings is 1. The number of fused-ring (bicyclic) bond motifs is 1. The Labute approximate surface area is 121 Å². The smallest absolute Gasteiger partial charge is 0.115 e. The van der Waals surface area contributed by atoms with Crippen LogP contribution in [0.1, 0.15) is 18.7 Å². The van der Waals surface area contributed by atoms with Crippen LogP contribution in [0.2, 0.25) is 0 Å². The number of hydrogen-bond acceptors (Lipinski definition) is 4. The summed E-state index contributed by atoms with van der Waals surface area (Å²) in [6.07, 6.45) is 2.82. The van der Waals surface area contributed by atoms with Gasteiger partial charge in [0.05, 0.1) is 12.3 Å². The second kappa shape index (κ2) is 5.51. The summed E-state index contributed by atoms with van der Waals surface area (Å²) in [4.78, 5) is 12.1. The van der Waals surface area contributed by atoms with Gasteiger partial charge in [0.2, 0.25) is 0 Å². The van der Waals surface area contributed by atoms with E-state index in [4.69, 9.17) is 4.99 Å². The normalized spacial score (nSPS) is 27.8. The molecule has 3 heterocycles. The molecule has 1 aromatic heterocycles. The lowest BCUT2D eigenvalue weighted by Crippen LogP contribution is -2.39. The fraction of sp³-hybridized carbons (Fsp3) is 0.429. The molecule has 0 aromatic carbocycles. The molecule has 3 rings (SSSR count). The van der Waals surface area contributed by atoms with Crippen LogP contribution in [0, 0.1) is 5.92 Å². The molecular formula is C14H17N3S2. The molecule has 2 aliphatic rings. The van der Waals surface area contributed by atoms with Gasteiger partial charge in [0.1, 0.15) is 11.2 Å². The average Bonchev–Trinajstić information content (AvgIpc) is 3.00. The van der Waals surface area contributed by atoms with Gasteiger partial charge in [-0.2, -0.15) is 0 Å². The van der Waals surface area contributed by atoms with Crippen molar-refractivity contribution in [2.24, 2.45) is 15.9 Å². The minimum atomic E-state index is 0.293. The molecule has 0 saturated carbocycles. The van der Waals surface area contributed by atoms with Crippen LogP contribution in [0.3, 0.4) is 0 Å². The molecule has 0 bridgehead atoms. The van der Waals surface area contributed by atoms with Crippen molar-refractivity contribution in [3.63, 3.8) is 0 Å². The van der Waals surface area contributed by atoms with Gasteiger partial charge in [-0.25, -0.2) is 0 Å². The Bertz CT molecular complexity index is 543. The van der Waals surface area contributed by atoms with Crippen LogP contribution in [0.15, 0.2) is 38.0 Å². The molecule has 0 unspecified atom stereocenters. The lowest BCUT2D eigenvalue weighted by Gasteiger charge is -2.23. The van der Waals surface area contributed by atoms with E-state index >= 15 is 0 Å². The van der Waals surface area contributed by atoms with Gasteiger partial charge in [-0.05, 0) is 30.2 Å². The van der Waals surface area contributed by atoms with E-state index in [1.807, 2.05) is 11.8 Å². The van der Waals surface area contributed by atoms with Gasteiger partial charge in [-0.1, -0.05) is 11.6 Å². The number of amidine groups is 1. The molecule has 5 heteroatoms. The predicted molar refractivity (Wildman–Crippen MR) is 85.2 cm³/mol. The Hall–Kier alpha value is -1.07. The molecule has 1 N–H and O–H groups in total. The van der Waals surface area contributed by atoms with Crippen molar-refractivity contribution in [1.82, 2.24) is 5.32 Å². The topological polar surface area (TPSA) is 36.8 Å². The number of hydrogen-bond donors (Lipinski definition) is 1. The maximum atomic E-state index is 4.76. The molecule has 0 fully saturated rings. The summed E-state index contributed by atoms with van der Waals surface area (Å²) < 4.78 is 0. The van der Waals surface area contributed by atoms with Crippen LogP contribution in [0.5, 0.6) is 0 Å². The second-order valence-electron chi connectivity index (χ2n) is 4.74. The Kier molecular flexibility index (Phi) is 3.75. The third kappa shape index (κ3) is 2.62. The van der Waals surface area contributed by atoms with E-state index in [9.17, 15) is 0 Å². The van der Waals surface area contributed by atoms with E-state index in [1.54, 1.807) is 17.7 Å². The van der Waals surface area contributed by atoms with Gasteiger partial charge in [-0.3, -0.25) is 9.98 Å². The largest absolute Gasteiger partial charge is 0.335 e. The number of aliphatic imine (C=N–C) groups is 2. The van der Waals surface area contributed by atoms with Gasteiger partial charge < -0.3 is 5.32 Å². The summed E-state index contributed by atoms with van der Waals surface area (Å²) in [5.41, 5.74) is 1.41. The lowest BCUT2D eigenvalue weighted by molar-refractivity contribution is 0.734. The molecule has 0 spiro atoms. The Morgan fingerprint density at radius 2 is 2.32 bits per heavy atom. The van der Waals surface area contributed by atoms with Crippen LogP contribution in [-0.2, 0) is 6.42 Å². The molecule has 0 aliphatic carbocycles. The quantitative estimate of drug-likeness (QED) is 0.927. The zero-order valence-electron chi connectivity index (χ0n) is 11.1. The third-order valence-electron chi connectivity index (χ3n) is 3.55. The average molecular weight is 291 g/mol. The lowest BCUT2D eigenvalue weighted by atomic mass is 9.98. The van der Waals surface area contributed by atoms with Crippen molar-refractivity contribution in [2.45, 2.75) is 25.6 Å². The Balaban J connectivity index is 1.71. The molecular weight excluding hydrogens is 274 g/mol. The van der Waals surface area contributed by atoms with Crippen molar-refractivity contribution in [3.8, 4) is 0 Å². The first-order chi connectivity index (χ1) is 9.25. The molecule has 3 nitrogen and oxygen atoms in total. The zero-order valence-corrected chi connectivity index (χ0v) is 12.7. The Morgan fingerprint density at radius 1 is 1.42 bits per heavy atom. The molecule has 2 aliphatic heterocycles. The monoisotopic (exact) mass is 291 g/mol. The molecule has 19 heavy (non-hydrogen) atoms. The zero-order chi connectivity index (χ0) is 13.2. The van der Waals surface area contributed by atoms with Gasteiger partial charge in [0, 0.05) is 17.8 Å². The van der Waals surface area contributed by atoms with Gasteiger partial charge in [-0.15, -0.1) is 23.1 Å². The summed E-state index contributed by atoms with van der Waals surface area (Å²) in [5.74, 6) is 1.43. The van der Waals surface area contributed by atoms with Crippen molar-refractivity contribution in [2.75, 3.05) is 6.54 Å². The highest BCUT2D eigenvalue weighted by molar-refractivity contribution is 8.04. The van der Waals surface area contributed by atoms with E-state index in [0.29, 0.717) is 11.3 Å². The van der Waals surface area contributed by atoms with E-state index in [-0.39, 0.29) is 0 Å². The van der Waals surface area contributed by atoms with E-state index in [2.05, 4.69) is 41.7 Å². The van der Waals surface area contributed by atoms with Gasteiger partial charge >= 0.3 is 0 Å². The summed E-state index contributed by atoms with van der Waals surface area (Å²) in [7, 11) is 0. The van der Waals surface area contributed by atoms with E-state index in [0.717, 1.165) is 18.8 Å². The summed E-state index contributed by atoms with van der Waals surface area (Å²) in [6.45, 7) is 5.22. The fourth-order valence-electron chi connectivity index (χ4n) is 2.38. The maximum absolute atomic E-state index is 4.76. The van der Waals surface area contributed by atoms with Crippen molar-refractivity contribution >= 4 is 35.3 Å². The van der Waals surface area contributed by atoms with E-state index in [1.165, 1.54) is 15.4 Å². The van der Waals surface area contributed by atoms with Crippen molar-refractivity contribution in [1.29, 1.82) is 0 Å². The second-order valence-corrected chi connectivity index (χ2v) is 7.11. The third-order valence-corrected chi connectivity index (χ3v) is 5.80. The van der Waals surface area contributed by atoms with E-state index < -0.39 is 0 Å².